The molecule has 0 radical (unpaired) electrons. The van der Waals surface area contributed by atoms with E-state index in [2.05, 4.69) is 36.2 Å². The Labute approximate surface area is 143 Å². The van der Waals surface area contributed by atoms with Crippen LogP contribution in [-0.2, 0) is 0 Å². The monoisotopic (exact) mass is 372 g/mol. The van der Waals surface area contributed by atoms with Crippen molar-refractivity contribution in [1.82, 2.24) is 15.0 Å². The number of anilines is 1. The summed E-state index contributed by atoms with van der Waals surface area (Å²) in [6.45, 7) is 2.09. The molecule has 118 valence electrons. The number of fused-ring (bicyclic) bond motifs is 1. The smallest absolute Gasteiger partial charge is 0.180 e. The number of benzene rings is 1. The fraction of sp³-hybridized carbons (Fsp3) is 0.235. The molecule has 2 heterocycles. The molecule has 5 nitrogen and oxygen atoms in total. The van der Waals surface area contributed by atoms with Gasteiger partial charge in [0.2, 0.25) is 0 Å². The summed E-state index contributed by atoms with van der Waals surface area (Å²) in [5.41, 5.74) is 2.45. The van der Waals surface area contributed by atoms with Gasteiger partial charge in [0.25, 0.3) is 0 Å². The molecule has 0 amide bonds. The summed E-state index contributed by atoms with van der Waals surface area (Å²) in [5, 5.41) is 13.0. The number of halogens is 1. The predicted molar refractivity (Wildman–Crippen MR) is 94.1 cm³/mol. The molecule has 0 spiro atoms. The van der Waals surface area contributed by atoms with Gasteiger partial charge in [0.1, 0.15) is 11.3 Å². The molecule has 23 heavy (non-hydrogen) atoms. The molecule has 0 fully saturated rings. The van der Waals surface area contributed by atoms with Crippen LogP contribution < -0.4 is 5.32 Å². The van der Waals surface area contributed by atoms with Crippen molar-refractivity contribution < 1.29 is 5.11 Å². The molecule has 0 saturated carbocycles. The second-order valence-corrected chi connectivity index (χ2v) is 6.34. The van der Waals surface area contributed by atoms with Gasteiger partial charge in [-0.3, -0.25) is 4.98 Å². The first-order valence-corrected chi connectivity index (χ1v) is 8.17. The summed E-state index contributed by atoms with van der Waals surface area (Å²) >= 11 is 3.45. The first kappa shape index (κ1) is 15.8. The SMILES string of the molecule is C[C@H](CO)[C@H](Nc1ccc2nccnc2n1)c1ccc(Br)cc1. The van der Waals surface area contributed by atoms with Crippen molar-refractivity contribution in [3.63, 3.8) is 0 Å². The molecule has 0 aliphatic heterocycles. The number of nitrogens with one attached hydrogen (secondary N) is 1. The molecular weight excluding hydrogens is 356 g/mol. The number of nitrogens with zero attached hydrogens (tertiary/aromatic N) is 3. The quantitative estimate of drug-likeness (QED) is 0.716. The van der Waals surface area contributed by atoms with Gasteiger partial charge in [0.15, 0.2) is 5.65 Å². The molecule has 2 aromatic heterocycles. The van der Waals surface area contributed by atoms with Gasteiger partial charge in [-0.1, -0.05) is 35.0 Å². The van der Waals surface area contributed by atoms with Gasteiger partial charge in [-0.05, 0) is 29.8 Å². The molecule has 0 aliphatic rings. The minimum Gasteiger partial charge on any atom is -0.396 e. The fourth-order valence-electron chi connectivity index (χ4n) is 2.42. The molecule has 3 aromatic rings. The maximum absolute atomic E-state index is 9.58. The topological polar surface area (TPSA) is 70.9 Å². The highest BCUT2D eigenvalue weighted by Gasteiger charge is 2.19. The summed E-state index contributed by atoms with van der Waals surface area (Å²) in [5.74, 6) is 0.752. The van der Waals surface area contributed by atoms with Crippen molar-refractivity contribution in [1.29, 1.82) is 0 Å². The van der Waals surface area contributed by atoms with Crippen LogP contribution in [0.25, 0.3) is 11.2 Å². The Hall–Kier alpha value is -2.05. The Balaban J connectivity index is 1.91. The fourth-order valence-corrected chi connectivity index (χ4v) is 2.69. The Morgan fingerprint density at radius 2 is 1.83 bits per heavy atom. The molecule has 0 unspecified atom stereocenters. The van der Waals surface area contributed by atoms with Crippen LogP contribution in [0.4, 0.5) is 5.82 Å². The number of rotatable bonds is 5. The third kappa shape index (κ3) is 3.65. The Bertz CT molecular complexity index is 794. The lowest BCUT2D eigenvalue weighted by Crippen LogP contribution is -2.22. The Morgan fingerprint density at radius 3 is 2.57 bits per heavy atom. The van der Waals surface area contributed by atoms with E-state index in [-0.39, 0.29) is 18.6 Å². The number of aliphatic hydroxyl groups excluding tert-OH is 1. The van der Waals surface area contributed by atoms with E-state index in [1.54, 1.807) is 12.4 Å². The van der Waals surface area contributed by atoms with Crippen LogP contribution in [0.15, 0.2) is 53.3 Å². The standard InChI is InChI=1S/C17H17BrN4O/c1-11(10-23)16(12-2-4-13(18)5-3-12)21-15-7-6-14-17(22-15)20-9-8-19-14/h2-9,11,16,23H,10H2,1H3,(H,20,21,22)/t11-,16+/m1/s1. The summed E-state index contributed by atoms with van der Waals surface area (Å²) < 4.78 is 1.02. The molecule has 2 atom stereocenters. The molecule has 0 bridgehead atoms. The van der Waals surface area contributed by atoms with Crippen LogP contribution in [-0.4, -0.2) is 26.7 Å². The van der Waals surface area contributed by atoms with Crippen molar-refractivity contribution in [2.75, 3.05) is 11.9 Å². The molecular formula is C17H17BrN4O. The highest BCUT2D eigenvalue weighted by molar-refractivity contribution is 9.10. The molecule has 1 aromatic carbocycles. The van der Waals surface area contributed by atoms with Gasteiger partial charge in [-0.15, -0.1) is 0 Å². The lowest BCUT2D eigenvalue weighted by Gasteiger charge is -2.25. The van der Waals surface area contributed by atoms with Gasteiger partial charge in [-0.2, -0.15) is 0 Å². The number of pyridine rings is 1. The van der Waals surface area contributed by atoms with Crippen LogP contribution in [0.1, 0.15) is 18.5 Å². The predicted octanol–water partition coefficient (Wildman–Crippen LogP) is 3.57. The molecule has 0 aliphatic carbocycles. The first-order valence-electron chi connectivity index (χ1n) is 7.38. The lowest BCUT2D eigenvalue weighted by molar-refractivity contribution is 0.222. The van der Waals surface area contributed by atoms with Crippen LogP contribution in [0.5, 0.6) is 0 Å². The number of hydrogen-bond acceptors (Lipinski definition) is 5. The summed E-state index contributed by atoms with van der Waals surface area (Å²) in [4.78, 5) is 13.0. The third-order valence-corrected chi connectivity index (χ3v) is 4.25. The average Bonchev–Trinajstić information content (AvgIpc) is 2.60. The highest BCUT2D eigenvalue weighted by Crippen LogP contribution is 2.27. The van der Waals surface area contributed by atoms with E-state index < -0.39 is 0 Å². The summed E-state index contributed by atoms with van der Waals surface area (Å²) in [6, 6.07) is 11.8. The average molecular weight is 373 g/mol. The lowest BCUT2D eigenvalue weighted by atomic mass is 9.95. The van der Waals surface area contributed by atoms with Crippen molar-refractivity contribution in [2.24, 2.45) is 5.92 Å². The van der Waals surface area contributed by atoms with Crippen molar-refractivity contribution in [3.05, 3.63) is 58.8 Å². The maximum Gasteiger partial charge on any atom is 0.180 e. The van der Waals surface area contributed by atoms with E-state index in [4.69, 9.17) is 0 Å². The summed E-state index contributed by atoms with van der Waals surface area (Å²) in [7, 11) is 0. The van der Waals surface area contributed by atoms with E-state index in [0.717, 1.165) is 15.6 Å². The third-order valence-electron chi connectivity index (χ3n) is 3.72. The highest BCUT2D eigenvalue weighted by atomic mass is 79.9. The number of aromatic nitrogens is 3. The number of aliphatic hydroxyl groups is 1. The van der Waals surface area contributed by atoms with Gasteiger partial charge < -0.3 is 10.4 Å². The van der Waals surface area contributed by atoms with E-state index in [1.807, 2.05) is 43.3 Å². The summed E-state index contributed by atoms with van der Waals surface area (Å²) in [6.07, 6.45) is 3.28. The Morgan fingerprint density at radius 1 is 1.09 bits per heavy atom. The second-order valence-electron chi connectivity index (χ2n) is 5.43. The maximum atomic E-state index is 9.58. The zero-order valence-electron chi connectivity index (χ0n) is 12.6. The van der Waals surface area contributed by atoms with E-state index >= 15 is 0 Å². The van der Waals surface area contributed by atoms with E-state index in [9.17, 15) is 5.11 Å². The Kier molecular flexibility index (Phi) is 4.83. The van der Waals surface area contributed by atoms with Gasteiger partial charge >= 0.3 is 0 Å². The molecule has 3 rings (SSSR count). The van der Waals surface area contributed by atoms with Crippen LogP contribution in [0, 0.1) is 5.92 Å². The molecule has 0 saturated heterocycles. The normalized spacial score (nSPS) is 13.7. The minimum atomic E-state index is -0.0466. The van der Waals surface area contributed by atoms with E-state index in [0.29, 0.717) is 11.5 Å². The van der Waals surface area contributed by atoms with Crippen LogP contribution in [0.2, 0.25) is 0 Å². The van der Waals surface area contributed by atoms with Crippen molar-refractivity contribution in [3.8, 4) is 0 Å². The van der Waals surface area contributed by atoms with Gasteiger partial charge in [0.05, 0.1) is 6.04 Å². The van der Waals surface area contributed by atoms with Crippen LogP contribution in [0.3, 0.4) is 0 Å². The van der Waals surface area contributed by atoms with Crippen molar-refractivity contribution in [2.45, 2.75) is 13.0 Å². The zero-order chi connectivity index (χ0) is 16.2. The second kappa shape index (κ2) is 7.02. The molecule has 6 heteroatoms. The largest absolute Gasteiger partial charge is 0.396 e. The van der Waals surface area contributed by atoms with Gasteiger partial charge in [-0.25, -0.2) is 9.97 Å². The van der Waals surface area contributed by atoms with Gasteiger partial charge in [0, 0.05) is 29.4 Å². The first-order chi connectivity index (χ1) is 11.2. The number of hydrogen-bond donors (Lipinski definition) is 2. The van der Waals surface area contributed by atoms with Crippen molar-refractivity contribution >= 4 is 32.9 Å². The minimum absolute atomic E-state index is 0.0375. The van der Waals surface area contributed by atoms with Crippen LogP contribution >= 0.6 is 15.9 Å². The van der Waals surface area contributed by atoms with E-state index in [1.165, 1.54) is 0 Å². The molecule has 2 N–H and O–H groups in total. The zero-order valence-corrected chi connectivity index (χ0v) is 14.2.